The van der Waals surface area contributed by atoms with Gasteiger partial charge in [0.05, 0.1) is 24.7 Å². The van der Waals surface area contributed by atoms with Crippen molar-refractivity contribution in [2.75, 3.05) is 13.2 Å². The largest absolute Gasteiger partial charge is 0.465 e. The van der Waals surface area contributed by atoms with Gasteiger partial charge in [-0.15, -0.1) is 0 Å². The molecule has 1 aliphatic carbocycles. The number of carbonyl (C=O) groups is 3. The summed E-state index contributed by atoms with van der Waals surface area (Å²) in [4.78, 5) is 38.7. The van der Waals surface area contributed by atoms with E-state index in [4.69, 9.17) is 9.47 Å². The predicted molar refractivity (Wildman–Crippen MR) is 108 cm³/mol. The van der Waals surface area contributed by atoms with Crippen LogP contribution in [0.15, 0.2) is 24.3 Å². The van der Waals surface area contributed by atoms with Crippen LogP contribution in [0.4, 0.5) is 4.39 Å². The molecule has 0 amide bonds. The van der Waals surface area contributed by atoms with Gasteiger partial charge in [0.25, 0.3) is 0 Å². The van der Waals surface area contributed by atoms with Crippen molar-refractivity contribution in [2.45, 2.75) is 52.6 Å². The second kappa shape index (κ2) is 9.69. The number of esters is 2. The summed E-state index contributed by atoms with van der Waals surface area (Å²) < 4.78 is 24.7. The number of benzene rings is 1. The van der Waals surface area contributed by atoms with Gasteiger partial charge in [-0.25, -0.2) is 4.39 Å². The summed E-state index contributed by atoms with van der Waals surface area (Å²) in [7, 11) is 0. The van der Waals surface area contributed by atoms with E-state index in [0.717, 1.165) is 0 Å². The molecule has 6 nitrogen and oxygen atoms in total. The van der Waals surface area contributed by atoms with Gasteiger partial charge in [0.15, 0.2) is 5.78 Å². The number of ether oxygens (including phenoxy) is 2. The molecule has 1 saturated carbocycles. The van der Waals surface area contributed by atoms with Gasteiger partial charge < -0.3 is 14.6 Å². The first-order chi connectivity index (χ1) is 13.9. The Kier molecular flexibility index (Phi) is 7.75. The molecule has 0 radical (unpaired) electrons. The molecule has 0 saturated heterocycles. The Labute approximate surface area is 176 Å². The van der Waals surface area contributed by atoms with Crippen molar-refractivity contribution in [1.82, 2.24) is 0 Å². The van der Waals surface area contributed by atoms with Gasteiger partial charge in [-0.3, -0.25) is 14.4 Å². The molecule has 0 aliphatic heterocycles. The third kappa shape index (κ3) is 5.65. The summed E-state index contributed by atoms with van der Waals surface area (Å²) in [6.45, 7) is 9.05. The lowest BCUT2D eigenvalue weighted by Crippen LogP contribution is -2.55. The second-order valence-electron chi connectivity index (χ2n) is 9.08. The standard InChI is InChI=1S/C23H31FO6/c1-13(2)11-29-21(26)19-17(25)10-23(5,28)20(22(27)30-12-14(3)4)18(19)15-7-6-8-16(24)9-15/h6-9,13-14,18-20,28H,10-12H2,1-5H3/t18-,19+,20-,23+/m1/s1. The van der Waals surface area contributed by atoms with Gasteiger partial charge in [-0.05, 0) is 36.5 Å². The third-order valence-electron chi connectivity index (χ3n) is 5.13. The molecule has 0 heterocycles. The Hall–Kier alpha value is -2.28. The van der Waals surface area contributed by atoms with Crippen LogP contribution in [0.2, 0.25) is 0 Å². The van der Waals surface area contributed by atoms with Crippen LogP contribution in [0.25, 0.3) is 0 Å². The highest BCUT2D eigenvalue weighted by Crippen LogP contribution is 2.46. The van der Waals surface area contributed by atoms with Crippen molar-refractivity contribution < 1.29 is 33.4 Å². The summed E-state index contributed by atoms with van der Waals surface area (Å²) in [6, 6.07) is 5.37. The number of rotatable bonds is 7. The Morgan fingerprint density at radius 2 is 1.70 bits per heavy atom. The molecule has 0 spiro atoms. The fraction of sp³-hybridized carbons (Fsp3) is 0.609. The van der Waals surface area contributed by atoms with E-state index in [1.165, 1.54) is 31.2 Å². The molecule has 7 heteroatoms. The van der Waals surface area contributed by atoms with E-state index in [0.29, 0.717) is 0 Å². The highest BCUT2D eigenvalue weighted by Gasteiger charge is 2.57. The van der Waals surface area contributed by atoms with Crippen molar-refractivity contribution in [1.29, 1.82) is 0 Å². The first-order valence-corrected chi connectivity index (χ1v) is 10.3. The van der Waals surface area contributed by atoms with E-state index in [9.17, 15) is 23.9 Å². The van der Waals surface area contributed by atoms with Crippen molar-refractivity contribution in [3.63, 3.8) is 0 Å². The number of hydrogen-bond acceptors (Lipinski definition) is 6. The minimum atomic E-state index is -1.75. The number of Topliss-reactive ketones (excluding diaryl/α,β-unsaturated/α-hetero) is 1. The molecule has 1 aromatic rings. The van der Waals surface area contributed by atoms with E-state index >= 15 is 0 Å². The zero-order valence-corrected chi connectivity index (χ0v) is 18.2. The number of aliphatic hydroxyl groups is 1. The van der Waals surface area contributed by atoms with Gasteiger partial charge in [-0.2, -0.15) is 0 Å². The highest BCUT2D eigenvalue weighted by molar-refractivity contribution is 6.02. The lowest BCUT2D eigenvalue weighted by molar-refractivity contribution is -0.174. The number of hydrogen-bond donors (Lipinski definition) is 1. The first kappa shape index (κ1) is 24.0. The van der Waals surface area contributed by atoms with Gasteiger partial charge in [0, 0.05) is 12.3 Å². The summed E-state index contributed by atoms with van der Waals surface area (Å²) >= 11 is 0. The Balaban J connectivity index is 2.53. The van der Waals surface area contributed by atoms with Crippen LogP contribution in [-0.4, -0.2) is 41.6 Å². The Bertz CT molecular complexity index is 786. The monoisotopic (exact) mass is 422 g/mol. The Morgan fingerprint density at radius 1 is 1.13 bits per heavy atom. The van der Waals surface area contributed by atoms with Crippen molar-refractivity contribution >= 4 is 17.7 Å². The molecule has 0 unspecified atom stereocenters. The van der Waals surface area contributed by atoms with Crippen LogP contribution >= 0.6 is 0 Å². The van der Waals surface area contributed by atoms with E-state index < -0.39 is 53.3 Å². The zero-order chi connectivity index (χ0) is 22.6. The minimum Gasteiger partial charge on any atom is -0.465 e. The van der Waals surface area contributed by atoms with E-state index in [1.54, 1.807) is 0 Å². The van der Waals surface area contributed by atoms with Crippen LogP contribution in [0.5, 0.6) is 0 Å². The topological polar surface area (TPSA) is 89.9 Å². The molecule has 4 atom stereocenters. The van der Waals surface area contributed by atoms with Crippen LogP contribution in [0.1, 0.15) is 52.5 Å². The van der Waals surface area contributed by atoms with Gasteiger partial charge in [-0.1, -0.05) is 39.8 Å². The van der Waals surface area contributed by atoms with E-state index in [2.05, 4.69) is 0 Å². The molecular formula is C23H31FO6. The minimum absolute atomic E-state index is 0.0511. The molecule has 1 fully saturated rings. The summed E-state index contributed by atoms with van der Waals surface area (Å²) in [6.07, 6.45) is -0.401. The predicted octanol–water partition coefficient (Wildman–Crippen LogP) is 3.26. The van der Waals surface area contributed by atoms with Crippen molar-refractivity contribution in [2.24, 2.45) is 23.7 Å². The summed E-state index contributed by atoms with van der Waals surface area (Å²) in [5, 5.41) is 11.0. The van der Waals surface area contributed by atoms with Gasteiger partial charge in [0.1, 0.15) is 11.7 Å². The fourth-order valence-electron chi connectivity index (χ4n) is 3.81. The third-order valence-corrected chi connectivity index (χ3v) is 5.13. The molecule has 2 rings (SSSR count). The molecule has 0 bridgehead atoms. The van der Waals surface area contributed by atoms with Gasteiger partial charge in [0.2, 0.25) is 0 Å². The normalized spacial score (nSPS) is 26.7. The molecule has 1 aromatic carbocycles. The molecule has 166 valence electrons. The zero-order valence-electron chi connectivity index (χ0n) is 18.2. The quantitative estimate of drug-likeness (QED) is 0.536. The molecule has 1 N–H and O–H groups in total. The lowest BCUT2D eigenvalue weighted by Gasteiger charge is -2.43. The molecule has 30 heavy (non-hydrogen) atoms. The Morgan fingerprint density at radius 3 is 2.23 bits per heavy atom. The van der Waals surface area contributed by atoms with Crippen molar-refractivity contribution in [3.8, 4) is 0 Å². The lowest BCUT2D eigenvalue weighted by atomic mass is 9.61. The average molecular weight is 422 g/mol. The highest BCUT2D eigenvalue weighted by atomic mass is 19.1. The van der Waals surface area contributed by atoms with Crippen LogP contribution in [0.3, 0.4) is 0 Å². The van der Waals surface area contributed by atoms with Crippen LogP contribution in [0, 0.1) is 29.5 Å². The van der Waals surface area contributed by atoms with E-state index in [-0.39, 0.29) is 30.6 Å². The number of halogens is 1. The SMILES string of the molecule is CC(C)COC(=O)[C@H]1C(=O)C[C@](C)(O)[C@@H](C(=O)OCC(C)C)[C@@H]1c1cccc(F)c1. The first-order valence-electron chi connectivity index (χ1n) is 10.3. The maximum absolute atomic E-state index is 14.0. The van der Waals surface area contributed by atoms with E-state index in [1.807, 2.05) is 27.7 Å². The van der Waals surface area contributed by atoms with Gasteiger partial charge >= 0.3 is 11.9 Å². The summed E-state index contributed by atoms with van der Waals surface area (Å²) in [5.41, 5.74) is -1.49. The number of ketones is 1. The smallest absolute Gasteiger partial charge is 0.317 e. The number of carbonyl (C=O) groups excluding carboxylic acids is 3. The van der Waals surface area contributed by atoms with Crippen LogP contribution < -0.4 is 0 Å². The maximum Gasteiger partial charge on any atom is 0.317 e. The molecule has 1 aliphatic rings. The summed E-state index contributed by atoms with van der Waals surface area (Å²) in [5.74, 6) is -6.17. The average Bonchev–Trinajstić information content (AvgIpc) is 2.62. The van der Waals surface area contributed by atoms with Crippen LogP contribution in [-0.2, 0) is 23.9 Å². The molecular weight excluding hydrogens is 391 g/mol. The fourth-order valence-corrected chi connectivity index (χ4v) is 3.81. The maximum atomic E-state index is 14.0. The second-order valence-corrected chi connectivity index (χ2v) is 9.08. The van der Waals surface area contributed by atoms with Crippen molar-refractivity contribution in [3.05, 3.63) is 35.6 Å². The molecule has 0 aromatic heterocycles.